The SMILES string of the molecule is C=Cc1cccc(CCNC(=O)CC(C)(C)c2c(O)c(=C)c(C(C)(C)CC(=O)NCCc3cccc(C=C)c3)c(O)c2=C)c1. The molecule has 0 fully saturated rings. The van der Waals surface area contributed by atoms with Crippen molar-refractivity contribution in [2.45, 2.75) is 64.2 Å². The van der Waals surface area contributed by atoms with Crippen LogP contribution in [-0.2, 0) is 33.3 Å². The lowest BCUT2D eigenvalue weighted by Crippen LogP contribution is -2.39. The molecule has 6 heteroatoms. The summed E-state index contributed by atoms with van der Waals surface area (Å²) in [5.74, 6) is -0.623. The van der Waals surface area contributed by atoms with Crippen LogP contribution in [0.3, 0.4) is 0 Å². The van der Waals surface area contributed by atoms with Gasteiger partial charge in [0.1, 0.15) is 11.5 Å². The van der Waals surface area contributed by atoms with Crippen molar-refractivity contribution in [2.75, 3.05) is 13.1 Å². The van der Waals surface area contributed by atoms with Gasteiger partial charge in [0, 0.05) is 58.3 Å². The zero-order valence-electron chi connectivity index (χ0n) is 26.6. The van der Waals surface area contributed by atoms with Crippen LogP contribution in [0.5, 0.6) is 11.5 Å². The number of carbonyl (C=O) groups is 2. The summed E-state index contributed by atoms with van der Waals surface area (Å²) in [7, 11) is 0. The number of hydrogen-bond donors (Lipinski definition) is 4. The van der Waals surface area contributed by atoms with Gasteiger partial charge in [-0.15, -0.1) is 0 Å². The second-order valence-corrected chi connectivity index (χ2v) is 12.6. The number of phenolic OH excluding ortho intramolecular Hbond substituents is 2. The van der Waals surface area contributed by atoms with Crippen LogP contribution in [0.1, 0.15) is 73.9 Å². The maximum absolute atomic E-state index is 12.9. The fourth-order valence-electron chi connectivity index (χ4n) is 5.83. The second-order valence-electron chi connectivity index (χ2n) is 12.6. The summed E-state index contributed by atoms with van der Waals surface area (Å²) in [4.78, 5) is 25.9. The Kier molecular flexibility index (Phi) is 11.0. The molecular weight excluding hydrogens is 548 g/mol. The normalized spacial score (nSPS) is 11.5. The molecule has 2 amide bonds. The average Bonchev–Trinajstić information content (AvgIpc) is 2.95. The average molecular weight is 595 g/mol. The van der Waals surface area contributed by atoms with Crippen molar-refractivity contribution in [3.8, 4) is 11.5 Å². The van der Waals surface area contributed by atoms with Crippen molar-refractivity contribution in [1.29, 1.82) is 0 Å². The highest BCUT2D eigenvalue weighted by molar-refractivity contribution is 5.79. The lowest BCUT2D eigenvalue weighted by molar-refractivity contribution is -0.123. The molecular formula is C38H46N2O4. The highest BCUT2D eigenvalue weighted by Crippen LogP contribution is 2.36. The van der Waals surface area contributed by atoms with Gasteiger partial charge < -0.3 is 20.8 Å². The van der Waals surface area contributed by atoms with Crippen LogP contribution < -0.4 is 21.1 Å². The molecule has 6 nitrogen and oxygen atoms in total. The van der Waals surface area contributed by atoms with Gasteiger partial charge in [-0.25, -0.2) is 0 Å². The standard InChI is InChI=1S/C38H46N2O4/c1-9-27-13-11-15-29(21-27)17-19-39-31(41)23-37(5,6)33-25(3)36(44)34(26(4)35(33)43)38(7,8)24-32(42)40-20-18-30-16-12-14-28(10-2)22-30/h9-16,21-22,43-44H,1-4,17-20,23-24H2,5-8H3,(H,39,41)(H,40,42). The molecule has 3 aromatic rings. The summed E-state index contributed by atoms with van der Waals surface area (Å²) in [6.07, 6.45) is 5.04. The zero-order chi connectivity index (χ0) is 32.7. The van der Waals surface area contributed by atoms with Crippen LogP contribution in [0, 0.1) is 0 Å². The molecule has 3 aromatic carbocycles. The molecule has 0 saturated carbocycles. The highest BCUT2D eigenvalue weighted by atomic mass is 16.3. The van der Waals surface area contributed by atoms with E-state index in [1.165, 1.54) is 0 Å². The number of hydrogen-bond acceptors (Lipinski definition) is 4. The number of aromatic hydroxyl groups is 2. The van der Waals surface area contributed by atoms with Crippen LogP contribution in [0.15, 0.2) is 61.7 Å². The highest BCUT2D eigenvalue weighted by Gasteiger charge is 2.35. The Morgan fingerprint density at radius 1 is 0.705 bits per heavy atom. The van der Waals surface area contributed by atoms with Crippen molar-refractivity contribution in [3.63, 3.8) is 0 Å². The molecule has 0 radical (unpaired) electrons. The number of phenols is 2. The monoisotopic (exact) mass is 594 g/mol. The Morgan fingerprint density at radius 2 is 1.07 bits per heavy atom. The first-order valence-corrected chi connectivity index (χ1v) is 14.9. The van der Waals surface area contributed by atoms with Gasteiger partial charge in [-0.3, -0.25) is 9.59 Å². The predicted octanol–water partition coefficient (Wildman–Crippen LogP) is 5.26. The van der Waals surface area contributed by atoms with Gasteiger partial charge in [0.2, 0.25) is 11.8 Å². The minimum atomic E-state index is -0.860. The van der Waals surface area contributed by atoms with E-state index in [2.05, 4.69) is 36.9 Å². The summed E-state index contributed by atoms with van der Waals surface area (Å²) in [6, 6.07) is 15.9. The molecule has 0 aromatic heterocycles. The predicted molar refractivity (Wildman–Crippen MR) is 182 cm³/mol. The molecule has 0 unspecified atom stereocenters. The summed E-state index contributed by atoms with van der Waals surface area (Å²) in [6.45, 7) is 24.0. The van der Waals surface area contributed by atoms with E-state index in [1.807, 2.05) is 76.2 Å². The van der Waals surface area contributed by atoms with Crippen LogP contribution in [-0.4, -0.2) is 35.1 Å². The summed E-state index contributed by atoms with van der Waals surface area (Å²) < 4.78 is 0. The Bertz CT molecular complexity index is 1530. The van der Waals surface area contributed by atoms with Gasteiger partial charge in [0.05, 0.1) is 0 Å². The van der Waals surface area contributed by atoms with Crippen molar-refractivity contribution < 1.29 is 19.8 Å². The molecule has 0 spiro atoms. The van der Waals surface area contributed by atoms with Crippen molar-refractivity contribution in [2.24, 2.45) is 0 Å². The Morgan fingerprint density at radius 3 is 1.41 bits per heavy atom. The van der Waals surface area contributed by atoms with E-state index < -0.39 is 10.8 Å². The summed E-state index contributed by atoms with van der Waals surface area (Å²) >= 11 is 0. The lowest BCUT2D eigenvalue weighted by Gasteiger charge is -2.31. The van der Waals surface area contributed by atoms with E-state index in [4.69, 9.17) is 0 Å². The van der Waals surface area contributed by atoms with Gasteiger partial charge >= 0.3 is 0 Å². The van der Waals surface area contributed by atoms with Crippen molar-refractivity contribution >= 4 is 37.1 Å². The molecule has 0 aliphatic carbocycles. The van der Waals surface area contributed by atoms with E-state index in [0.717, 1.165) is 22.3 Å². The third-order valence-electron chi connectivity index (χ3n) is 8.05. The topological polar surface area (TPSA) is 98.7 Å². The molecule has 0 heterocycles. The lowest BCUT2D eigenvalue weighted by atomic mass is 9.74. The summed E-state index contributed by atoms with van der Waals surface area (Å²) in [5.41, 5.74) is 3.24. The smallest absolute Gasteiger partial charge is 0.220 e. The molecule has 232 valence electrons. The molecule has 44 heavy (non-hydrogen) atoms. The first-order valence-electron chi connectivity index (χ1n) is 14.9. The molecule has 0 bridgehead atoms. The Labute approximate surface area is 261 Å². The number of amides is 2. The molecule has 0 saturated heterocycles. The maximum atomic E-state index is 12.9. The Balaban J connectivity index is 1.70. The van der Waals surface area contributed by atoms with Crippen LogP contribution in [0.4, 0.5) is 0 Å². The van der Waals surface area contributed by atoms with E-state index in [0.29, 0.717) is 37.1 Å². The van der Waals surface area contributed by atoms with Crippen LogP contribution in [0.25, 0.3) is 25.3 Å². The molecule has 0 atom stereocenters. The number of rotatable bonds is 14. The molecule has 0 aliphatic rings. The largest absolute Gasteiger partial charge is 0.507 e. The molecule has 4 N–H and O–H groups in total. The van der Waals surface area contributed by atoms with Crippen LogP contribution >= 0.6 is 0 Å². The van der Waals surface area contributed by atoms with E-state index in [1.54, 1.807) is 12.2 Å². The first kappa shape index (κ1) is 33.9. The van der Waals surface area contributed by atoms with Crippen molar-refractivity contribution in [3.05, 3.63) is 106 Å². The fourth-order valence-corrected chi connectivity index (χ4v) is 5.83. The van der Waals surface area contributed by atoms with Gasteiger partial charge in [0.25, 0.3) is 0 Å². The molecule has 0 aliphatic heterocycles. The van der Waals surface area contributed by atoms with Gasteiger partial charge in [-0.05, 0) is 35.1 Å². The van der Waals surface area contributed by atoms with Gasteiger partial charge in [-0.2, -0.15) is 0 Å². The fraction of sp³-hybridized carbons (Fsp3) is 0.316. The number of nitrogens with one attached hydrogen (secondary N) is 2. The second kappa shape index (κ2) is 14.3. The zero-order valence-corrected chi connectivity index (χ0v) is 26.6. The Hall–Kier alpha value is -4.58. The van der Waals surface area contributed by atoms with Crippen LogP contribution in [0.2, 0.25) is 0 Å². The number of carbonyl (C=O) groups excluding carboxylic acids is 2. The first-order chi connectivity index (χ1) is 20.7. The van der Waals surface area contributed by atoms with Crippen molar-refractivity contribution in [1.82, 2.24) is 10.6 Å². The third-order valence-corrected chi connectivity index (χ3v) is 8.05. The van der Waals surface area contributed by atoms with Gasteiger partial charge in [-0.1, -0.05) is 115 Å². The van der Waals surface area contributed by atoms with E-state index in [9.17, 15) is 19.8 Å². The minimum Gasteiger partial charge on any atom is -0.507 e. The third kappa shape index (κ3) is 8.28. The number of benzene rings is 3. The van der Waals surface area contributed by atoms with Gasteiger partial charge in [0.15, 0.2) is 0 Å². The van der Waals surface area contributed by atoms with E-state index in [-0.39, 0.29) is 46.6 Å². The minimum absolute atomic E-state index is 0.0650. The van der Waals surface area contributed by atoms with E-state index >= 15 is 0 Å². The quantitative estimate of drug-likeness (QED) is 0.192. The summed E-state index contributed by atoms with van der Waals surface area (Å²) in [5, 5.41) is 29.1. The molecule has 3 rings (SSSR count). The maximum Gasteiger partial charge on any atom is 0.220 e.